The van der Waals surface area contributed by atoms with Gasteiger partial charge in [-0.3, -0.25) is 4.99 Å². The van der Waals surface area contributed by atoms with Gasteiger partial charge in [0.25, 0.3) is 0 Å². The molecule has 0 aromatic rings. The van der Waals surface area contributed by atoms with E-state index in [1.54, 1.807) is 0 Å². The molecule has 1 aliphatic carbocycles. The number of nitrogens with zero attached hydrogens (tertiary/aromatic N) is 2. The van der Waals surface area contributed by atoms with E-state index in [2.05, 4.69) is 16.8 Å². The lowest BCUT2D eigenvalue weighted by Crippen LogP contribution is -2.21. The molecule has 0 aromatic carbocycles. The Balaban J connectivity index is 1.73. The van der Waals surface area contributed by atoms with Crippen molar-refractivity contribution in [2.45, 2.75) is 26.2 Å². The van der Waals surface area contributed by atoms with Crippen LogP contribution >= 0.6 is 0 Å². The van der Waals surface area contributed by atoms with E-state index in [1.165, 1.54) is 38.9 Å². The lowest BCUT2D eigenvalue weighted by molar-refractivity contribution is 0.344. The Labute approximate surface area is 86.4 Å². The molecule has 2 N–H and O–H groups in total. The van der Waals surface area contributed by atoms with Gasteiger partial charge >= 0.3 is 0 Å². The maximum Gasteiger partial charge on any atom is 0.0968 e. The van der Waals surface area contributed by atoms with E-state index < -0.39 is 0 Å². The first-order chi connectivity index (χ1) is 6.79. The Morgan fingerprint density at radius 2 is 2.21 bits per heavy atom. The zero-order valence-electron chi connectivity index (χ0n) is 9.08. The molecule has 0 bridgehead atoms. The molecule has 14 heavy (non-hydrogen) atoms. The summed E-state index contributed by atoms with van der Waals surface area (Å²) >= 11 is 0. The monoisotopic (exact) mass is 195 g/mol. The van der Waals surface area contributed by atoms with Gasteiger partial charge in [0.15, 0.2) is 0 Å². The molecular formula is C11H21N3. The quantitative estimate of drug-likeness (QED) is 0.539. The summed E-state index contributed by atoms with van der Waals surface area (Å²) in [6.45, 7) is 6.83. The van der Waals surface area contributed by atoms with Crippen LogP contribution < -0.4 is 5.73 Å². The summed E-state index contributed by atoms with van der Waals surface area (Å²) in [5.74, 6) is 2.31. The Hall–Kier alpha value is -0.570. The highest BCUT2D eigenvalue weighted by Crippen LogP contribution is 2.29. The fourth-order valence-electron chi connectivity index (χ4n) is 2.09. The second-order valence-electron chi connectivity index (χ2n) is 4.59. The van der Waals surface area contributed by atoms with Crippen LogP contribution in [0.1, 0.15) is 26.2 Å². The first-order valence-electron chi connectivity index (χ1n) is 5.81. The van der Waals surface area contributed by atoms with Crippen LogP contribution in [0, 0.1) is 11.8 Å². The van der Waals surface area contributed by atoms with Crippen molar-refractivity contribution in [2.75, 3.05) is 26.2 Å². The molecule has 2 aliphatic rings. The topological polar surface area (TPSA) is 41.6 Å². The van der Waals surface area contributed by atoms with Crippen molar-refractivity contribution in [3.8, 4) is 0 Å². The van der Waals surface area contributed by atoms with E-state index in [0.717, 1.165) is 18.3 Å². The van der Waals surface area contributed by atoms with Gasteiger partial charge in [-0.2, -0.15) is 0 Å². The van der Waals surface area contributed by atoms with E-state index >= 15 is 0 Å². The Bertz CT molecular complexity index is 221. The first-order valence-corrected chi connectivity index (χ1v) is 5.81. The molecule has 3 heteroatoms. The van der Waals surface area contributed by atoms with Crippen molar-refractivity contribution in [1.82, 2.24) is 4.90 Å². The third kappa shape index (κ3) is 2.47. The molecule has 1 atom stereocenters. The minimum absolute atomic E-state index is 0.638. The third-order valence-electron chi connectivity index (χ3n) is 3.34. The van der Waals surface area contributed by atoms with Gasteiger partial charge in [0.05, 0.1) is 5.84 Å². The number of aliphatic imine (C=N–C) groups is 1. The van der Waals surface area contributed by atoms with Crippen molar-refractivity contribution in [3.63, 3.8) is 0 Å². The maximum absolute atomic E-state index is 5.86. The number of amidine groups is 1. The highest BCUT2D eigenvalue weighted by atomic mass is 15.1. The second kappa shape index (κ2) is 4.30. The van der Waals surface area contributed by atoms with Crippen molar-refractivity contribution < 1.29 is 0 Å². The van der Waals surface area contributed by atoms with Gasteiger partial charge in [-0.25, -0.2) is 0 Å². The number of rotatable bonds is 4. The average Bonchev–Trinajstić information content (AvgIpc) is 2.94. The van der Waals surface area contributed by atoms with Gasteiger partial charge < -0.3 is 10.6 Å². The zero-order chi connectivity index (χ0) is 9.97. The van der Waals surface area contributed by atoms with Crippen LogP contribution in [-0.4, -0.2) is 36.9 Å². The van der Waals surface area contributed by atoms with Crippen LogP contribution in [-0.2, 0) is 0 Å². The van der Waals surface area contributed by atoms with Crippen LogP contribution in [0.2, 0.25) is 0 Å². The van der Waals surface area contributed by atoms with Crippen molar-refractivity contribution in [1.29, 1.82) is 0 Å². The normalized spacial score (nSPS) is 29.8. The molecule has 2 fully saturated rings. The van der Waals surface area contributed by atoms with Gasteiger partial charge in [-0.05, 0) is 38.3 Å². The van der Waals surface area contributed by atoms with Crippen LogP contribution in [0.25, 0.3) is 0 Å². The summed E-state index contributed by atoms with van der Waals surface area (Å²) in [6.07, 6.45) is 3.83. The van der Waals surface area contributed by atoms with Crippen molar-refractivity contribution in [2.24, 2.45) is 22.6 Å². The fourth-order valence-corrected chi connectivity index (χ4v) is 2.09. The number of likely N-dealkylation sites (tertiary alicyclic amines) is 1. The van der Waals surface area contributed by atoms with E-state index in [1.807, 2.05) is 0 Å². The molecule has 0 amide bonds. The van der Waals surface area contributed by atoms with Gasteiger partial charge in [0.2, 0.25) is 0 Å². The summed E-state index contributed by atoms with van der Waals surface area (Å²) in [4.78, 5) is 7.00. The van der Waals surface area contributed by atoms with E-state index in [-0.39, 0.29) is 0 Å². The number of hydrogen-bond donors (Lipinski definition) is 1. The molecule has 1 saturated carbocycles. The molecule has 3 nitrogen and oxygen atoms in total. The van der Waals surface area contributed by atoms with Crippen molar-refractivity contribution in [3.05, 3.63) is 0 Å². The third-order valence-corrected chi connectivity index (χ3v) is 3.34. The maximum atomic E-state index is 5.86. The molecule has 1 unspecified atom stereocenters. The summed E-state index contributed by atoms with van der Waals surface area (Å²) in [6, 6.07) is 0. The van der Waals surface area contributed by atoms with Crippen LogP contribution in [0.5, 0.6) is 0 Å². The smallest absolute Gasteiger partial charge is 0.0968 e. The summed E-state index contributed by atoms with van der Waals surface area (Å²) in [5.41, 5.74) is 5.86. The predicted octanol–water partition coefficient (Wildman–Crippen LogP) is 1.10. The van der Waals surface area contributed by atoms with Crippen LogP contribution in [0.3, 0.4) is 0 Å². The zero-order valence-corrected chi connectivity index (χ0v) is 9.08. The van der Waals surface area contributed by atoms with Gasteiger partial charge in [-0.15, -0.1) is 0 Å². The van der Waals surface area contributed by atoms with Crippen LogP contribution in [0.4, 0.5) is 0 Å². The largest absolute Gasteiger partial charge is 0.387 e. The van der Waals surface area contributed by atoms with E-state index in [9.17, 15) is 0 Å². The Kier molecular flexibility index (Phi) is 3.06. The van der Waals surface area contributed by atoms with Crippen molar-refractivity contribution >= 4 is 5.84 Å². The fraction of sp³-hybridized carbons (Fsp3) is 0.909. The lowest BCUT2D eigenvalue weighted by atomic mass is 10.1. The molecule has 1 heterocycles. The van der Waals surface area contributed by atoms with Gasteiger partial charge in [0.1, 0.15) is 0 Å². The highest BCUT2D eigenvalue weighted by molar-refractivity contribution is 5.84. The Morgan fingerprint density at radius 3 is 2.79 bits per heavy atom. The molecule has 2 rings (SSSR count). The summed E-state index contributed by atoms with van der Waals surface area (Å²) in [5, 5.41) is 0. The molecule has 1 saturated heterocycles. The van der Waals surface area contributed by atoms with Crippen LogP contribution in [0.15, 0.2) is 4.99 Å². The standard InChI is InChI=1S/C11H21N3/c1-2-14-6-5-9(8-14)7-13-11(12)10-3-4-10/h9-10H,2-8H2,1H3,(H2,12,13). The molecule has 0 radical (unpaired) electrons. The number of nitrogens with two attached hydrogens (primary N) is 1. The summed E-state index contributed by atoms with van der Waals surface area (Å²) in [7, 11) is 0. The minimum Gasteiger partial charge on any atom is -0.387 e. The molecule has 0 spiro atoms. The van der Waals surface area contributed by atoms with Gasteiger partial charge in [0, 0.05) is 19.0 Å². The number of hydrogen-bond acceptors (Lipinski definition) is 2. The molecule has 1 aliphatic heterocycles. The van der Waals surface area contributed by atoms with Gasteiger partial charge in [-0.1, -0.05) is 6.92 Å². The minimum atomic E-state index is 0.638. The highest BCUT2D eigenvalue weighted by Gasteiger charge is 2.26. The molecule has 80 valence electrons. The first kappa shape index (κ1) is 9.97. The lowest BCUT2D eigenvalue weighted by Gasteiger charge is -2.11. The van der Waals surface area contributed by atoms with E-state index in [4.69, 9.17) is 5.73 Å². The second-order valence-corrected chi connectivity index (χ2v) is 4.59. The molecular weight excluding hydrogens is 174 g/mol. The Morgan fingerprint density at radius 1 is 1.43 bits per heavy atom. The molecule has 0 aromatic heterocycles. The average molecular weight is 195 g/mol. The predicted molar refractivity (Wildman–Crippen MR) is 59.4 cm³/mol. The summed E-state index contributed by atoms with van der Waals surface area (Å²) < 4.78 is 0. The van der Waals surface area contributed by atoms with E-state index in [0.29, 0.717) is 5.92 Å². The SMILES string of the molecule is CCN1CCC(CN=C(N)C2CC2)C1.